The van der Waals surface area contributed by atoms with Gasteiger partial charge in [-0.1, -0.05) is 43.2 Å². The number of carbonyl (C=O) groups is 3. The highest BCUT2D eigenvalue weighted by Crippen LogP contribution is 2.41. The average Bonchev–Trinajstić information content (AvgIpc) is 3.14. The molecule has 3 aliphatic rings. The van der Waals surface area contributed by atoms with Crippen molar-refractivity contribution in [3.63, 3.8) is 0 Å². The molecule has 2 aliphatic heterocycles. The fourth-order valence-electron chi connectivity index (χ4n) is 5.81. The molecule has 2 aromatic carbocycles. The van der Waals surface area contributed by atoms with Gasteiger partial charge in [-0.3, -0.25) is 14.4 Å². The molecule has 2 amide bonds. The number of phenols is 1. The van der Waals surface area contributed by atoms with Crippen molar-refractivity contribution in [3.8, 4) is 5.75 Å². The summed E-state index contributed by atoms with van der Waals surface area (Å²) in [7, 11) is 0. The van der Waals surface area contributed by atoms with Crippen LogP contribution in [-0.2, 0) is 22.6 Å². The lowest BCUT2D eigenvalue weighted by Gasteiger charge is -2.42. The molecule has 33 heavy (non-hydrogen) atoms. The van der Waals surface area contributed by atoms with E-state index in [4.69, 9.17) is 0 Å². The van der Waals surface area contributed by atoms with Crippen LogP contribution >= 0.6 is 0 Å². The maximum absolute atomic E-state index is 13.8. The minimum absolute atomic E-state index is 0.0818. The zero-order chi connectivity index (χ0) is 23.1. The van der Waals surface area contributed by atoms with Crippen LogP contribution in [0.3, 0.4) is 0 Å². The molecule has 7 heteroatoms. The van der Waals surface area contributed by atoms with E-state index in [2.05, 4.69) is 0 Å². The van der Waals surface area contributed by atoms with Gasteiger partial charge in [0, 0.05) is 30.8 Å². The van der Waals surface area contributed by atoms with Crippen molar-refractivity contribution in [3.05, 3.63) is 64.7 Å². The number of aromatic hydroxyl groups is 1. The molecule has 2 N–H and O–H groups in total. The van der Waals surface area contributed by atoms with E-state index in [1.54, 1.807) is 21.9 Å². The summed E-state index contributed by atoms with van der Waals surface area (Å²) in [6.45, 7) is 1.16. The second kappa shape index (κ2) is 8.54. The zero-order valence-electron chi connectivity index (χ0n) is 18.4. The summed E-state index contributed by atoms with van der Waals surface area (Å²) >= 11 is 0. The highest BCUT2D eigenvalue weighted by atomic mass is 16.4. The summed E-state index contributed by atoms with van der Waals surface area (Å²) in [6.07, 6.45) is 3.30. The predicted molar refractivity (Wildman–Crippen MR) is 121 cm³/mol. The van der Waals surface area contributed by atoms with E-state index in [1.165, 1.54) is 0 Å². The Morgan fingerprint density at radius 1 is 0.970 bits per heavy atom. The molecule has 1 aliphatic carbocycles. The number of carboxylic acids is 1. The number of hydrogen-bond acceptors (Lipinski definition) is 4. The van der Waals surface area contributed by atoms with Crippen molar-refractivity contribution in [2.75, 3.05) is 13.1 Å². The van der Waals surface area contributed by atoms with Crippen LogP contribution in [0, 0.1) is 11.8 Å². The van der Waals surface area contributed by atoms with Crippen LogP contribution in [-0.4, -0.2) is 50.9 Å². The Bertz CT molecular complexity index is 1110. The van der Waals surface area contributed by atoms with E-state index in [1.807, 2.05) is 30.3 Å². The van der Waals surface area contributed by atoms with Crippen LogP contribution in [0.25, 0.3) is 0 Å². The monoisotopic (exact) mass is 448 g/mol. The Kier molecular flexibility index (Phi) is 5.56. The number of amides is 2. The van der Waals surface area contributed by atoms with Gasteiger partial charge in [-0.05, 0) is 42.5 Å². The van der Waals surface area contributed by atoms with E-state index in [-0.39, 0.29) is 24.1 Å². The first-order valence-corrected chi connectivity index (χ1v) is 11.7. The van der Waals surface area contributed by atoms with E-state index in [0.717, 1.165) is 24.0 Å². The average molecular weight is 449 g/mol. The largest absolute Gasteiger partial charge is 0.508 e. The van der Waals surface area contributed by atoms with Crippen molar-refractivity contribution >= 4 is 17.8 Å². The lowest BCUT2D eigenvalue weighted by Crippen LogP contribution is -2.49. The Hall–Kier alpha value is -3.35. The lowest BCUT2D eigenvalue weighted by atomic mass is 9.77. The number of hydrogen-bond donors (Lipinski definition) is 2. The molecule has 2 unspecified atom stereocenters. The molecule has 5 rings (SSSR count). The highest BCUT2D eigenvalue weighted by Gasteiger charge is 2.43. The Labute approximate surface area is 192 Å². The molecule has 0 aromatic heterocycles. The summed E-state index contributed by atoms with van der Waals surface area (Å²) in [6, 6.07) is 12.3. The Balaban J connectivity index is 1.48. The Morgan fingerprint density at radius 3 is 2.45 bits per heavy atom. The summed E-state index contributed by atoms with van der Waals surface area (Å²) < 4.78 is 0. The van der Waals surface area contributed by atoms with Crippen LogP contribution in [0.2, 0.25) is 0 Å². The molecule has 0 bridgehead atoms. The molecule has 1 saturated carbocycles. The maximum Gasteiger partial charge on any atom is 0.307 e. The molecule has 172 valence electrons. The molecule has 2 heterocycles. The van der Waals surface area contributed by atoms with Gasteiger partial charge >= 0.3 is 5.97 Å². The van der Waals surface area contributed by atoms with Gasteiger partial charge < -0.3 is 20.0 Å². The predicted octanol–water partition coefficient (Wildman–Crippen LogP) is 3.37. The molecule has 0 radical (unpaired) electrons. The quantitative estimate of drug-likeness (QED) is 0.747. The summed E-state index contributed by atoms with van der Waals surface area (Å²) in [5.74, 6) is -2.33. The van der Waals surface area contributed by atoms with Crippen molar-refractivity contribution < 1.29 is 24.6 Å². The van der Waals surface area contributed by atoms with E-state index in [9.17, 15) is 24.6 Å². The third-order valence-corrected chi connectivity index (χ3v) is 7.48. The summed E-state index contributed by atoms with van der Waals surface area (Å²) in [5.41, 5.74) is 3.25. The van der Waals surface area contributed by atoms with Crippen LogP contribution < -0.4 is 0 Å². The second-order valence-corrected chi connectivity index (χ2v) is 9.33. The normalized spacial score (nSPS) is 24.4. The highest BCUT2D eigenvalue weighted by molar-refractivity contribution is 5.98. The number of carbonyl (C=O) groups excluding carboxylic acids is 2. The van der Waals surface area contributed by atoms with E-state index in [0.29, 0.717) is 43.5 Å². The number of fused-ring (bicyclic) bond motifs is 2. The summed E-state index contributed by atoms with van der Waals surface area (Å²) in [4.78, 5) is 42.1. The first-order valence-electron chi connectivity index (χ1n) is 11.7. The minimum Gasteiger partial charge on any atom is -0.508 e. The number of phenolic OH excluding ortho intramolecular Hbond substituents is 1. The Morgan fingerprint density at radius 2 is 1.70 bits per heavy atom. The standard InChI is InChI=1S/C26H28N2O5/c29-22-11-5-7-16-12-13-28(25(31)19-9-3-4-10-20(19)26(32)33)21(23(16)22)15-27-14-17-6-1-2-8-18(17)24(27)30/h1-2,5-8,11,19-21,29H,3-4,9-10,12-15H2,(H,32,33)/t19?,20?,21-/m1/s1. The van der Waals surface area contributed by atoms with Gasteiger partial charge in [0.25, 0.3) is 5.91 Å². The lowest BCUT2D eigenvalue weighted by molar-refractivity contribution is -0.153. The summed E-state index contributed by atoms with van der Waals surface area (Å²) in [5, 5.41) is 20.5. The molecule has 0 saturated heterocycles. The second-order valence-electron chi connectivity index (χ2n) is 9.33. The maximum atomic E-state index is 13.8. The fraction of sp³-hybridized carbons (Fsp3) is 0.423. The first-order chi connectivity index (χ1) is 16.0. The zero-order valence-corrected chi connectivity index (χ0v) is 18.4. The minimum atomic E-state index is -0.921. The van der Waals surface area contributed by atoms with Crippen LogP contribution in [0.15, 0.2) is 42.5 Å². The third-order valence-electron chi connectivity index (χ3n) is 7.48. The number of aliphatic carboxylic acids is 1. The van der Waals surface area contributed by atoms with Crippen LogP contribution in [0.1, 0.15) is 58.8 Å². The molecule has 2 aromatic rings. The van der Waals surface area contributed by atoms with Gasteiger partial charge in [-0.25, -0.2) is 0 Å². The van der Waals surface area contributed by atoms with Crippen LogP contribution in [0.5, 0.6) is 5.75 Å². The number of benzene rings is 2. The fourth-order valence-corrected chi connectivity index (χ4v) is 5.81. The number of nitrogens with zero attached hydrogens (tertiary/aromatic N) is 2. The van der Waals surface area contributed by atoms with Crippen molar-refractivity contribution in [2.24, 2.45) is 11.8 Å². The van der Waals surface area contributed by atoms with Crippen LogP contribution in [0.4, 0.5) is 0 Å². The SMILES string of the molecule is O=C(O)C1CCCCC1C(=O)N1CCc2cccc(O)c2[C@H]1CN1Cc2ccccc2C1=O. The molecule has 0 spiro atoms. The van der Waals surface area contributed by atoms with Gasteiger partial charge in [-0.15, -0.1) is 0 Å². The van der Waals surface area contributed by atoms with Crippen molar-refractivity contribution in [1.82, 2.24) is 9.80 Å². The molecular weight excluding hydrogens is 420 g/mol. The van der Waals surface area contributed by atoms with E-state index < -0.39 is 23.8 Å². The van der Waals surface area contributed by atoms with Crippen molar-refractivity contribution in [1.29, 1.82) is 0 Å². The van der Waals surface area contributed by atoms with Gasteiger partial charge in [-0.2, -0.15) is 0 Å². The van der Waals surface area contributed by atoms with Gasteiger partial charge in [0.05, 0.1) is 17.9 Å². The van der Waals surface area contributed by atoms with E-state index >= 15 is 0 Å². The van der Waals surface area contributed by atoms with Gasteiger partial charge in [0.1, 0.15) is 5.75 Å². The number of rotatable bonds is 4. The first kappa shape index (κ1) is 21.5. The van der Waals surface area contributed by atoms with Gasteiger partial charge in [0.2, 0.25) is 5.91 Å². The molecule has 3 atom stereocenters. The molecule has 7 nitrogen and oxygen atoms in total. The third kappa shape index (κ3) is 3.75. The number of carboxylic acid groups (broad SMARTS) is 1. The molecular formula is C26H28N2O5. The van der Waals surface area contributed by atoms with Crippen molar-refractivity contribution in [2.45, 2.75) is 44.7 Å². The van der Waals surface area contributed by atoms with Gasteiger partial charge in [0.15, 0.2) is 0 Å². The smallest absolute Gasteiger partial charge is 0.307 e. The molecule has 1 fully saturated rings. The topological polar surface area (TPSA) is 98.2 Å².